The minimum Gasteiger partial charge on any atom is -0.497 e. The maximum absolute atomic E-state index is 14.1. The fourth-order valence-corrected chi connectivity index (χ4v) is 4.77. The lowest BCUT2D eigenvalue weighted by molar-refractivity contribution is 0.0751. The smallest absolute Gasteiger partial charge is 0.264 e. The number of thiophene rings is 1. The summed E-state index contributed by atoms with van der Waals surface area (Å²) in [4.78, 5) is 17.8. The van der Waals surface area contributed by atoms with Gasteiger partial charge in [0.15, 0.2) is 0 Å². The quantitative estimate of drug-likeness (QED) is 0.674. The Morgan fingerprint density at radius 2 is 1.85 bits per heavy atom. The van der Waals surface area contributed by atoms with E-state index in [1.165, 1.54) is 17.4 Å². The van der Waals surface area contributed by atoms with Crippen molar-refractivity contribution in [1.29, 1.82) is 0 Å². The van der Waals surface area contributed by atoms with E-state index in [0.717, 1.165) is 34.8 Å². The molecule has 0 unspecified atom stereocenters. The Balaban J connectivity index is 1.50. The molecule has 2 aromatic carbocycles. The first-order chi connectivity index (χ1) is 13.1. The first-order valence-electron chi connectivity index (χ1n) is 8.94. The standard InChI is InChI=1S/C21H21FN2O2S/c1-14-19-17(22)7-4-8-18(19)27-20(14)21(25)24-11-9-23(10-12-24)15-5-3-6-16(13-15)26-2/h3-8,13H,9-12H2,1-2H3. The second-order valence-corrected chi connectivity index (χ2v) is 7.70. The molecule has 0 spiro atoms. The lowest BCUT2D eigenvalue weighted by atomic mass is 10.1. The van der Waals surface area contributed by atoms with Crippen molar-refractivity contribution in [3.63, 3.8) is 0 Å². The number of fused-ring (bicyclic) bond motifs is 1. The molecule has 4 rings (SSSR count). The predicted octanol–water partition coefficient (Wildman–Crippen LogP) is 4.32. The summed E-state index contributed by atoms with van der Waals surface area (Å²) >= 11 is 1.38. The average molecular weight is 384 g/mol. The number of aryl methyl sites for hydroxylation is 1. The molecule has 1 amide bonds. The highest BCUT2D eigenvalue weighted by Gasteiger charge is 2.26. The van der Waals surface area contributed by atoms with Crippen LogP contribution in [0.15, 0.2) is 42.5 Å². The van der Waals surface area contributed by atoms with Crippen molar-refractivity contribution < 1.29 is 13.9 Å². The summed E-state index contributed by atoms with van der Waals surface area (Å²) < 4.78 is 20.3. The van der Waals surface area contributed by atoms with E-state index in [0.29, 0.717) is 23.4 Å². The zero-order chi connectivity index (χ0) is 19.0. The van der Waals surface area contributed by atoms with E-state index >= 15 is 0 Å². The molecule has 140 valence electrons. The van der Waals surface area contributed by atoms with Crippen LogP contribution >= 0.6 is 11.3 Å². The van der Waals surface area contributed by atoms with Crippen LogP contribution in [0.3, 0.4) is 0 Å². The van der Waals surface area contributed by atoms with Gasteiger partial charge in [0.1, 0.15) is 11.6 Å². The number of carbonyl (C=O) groups excluding carboxylic acids is 1. The third kappa shape index (κ3) is 3.25. The van der Waals surface area contributed by atoms with Crippen LogP contribution in [-0.2, 0) is 0 Å². The molecule has 1 saturated heterocycles. The summed E-state index contributed by atoms with van der Waals surface area (Å²) in [7, 11) is 1.66. The van der Waals surface area contributed by atoms with Crippen LogP contribution < -0.4 is 9.64 Å². The molecule has 4 nitrogen and oxygen atoms in total. The highest BCUT2D eigenvalue weighted by atomic mass is 32.1. The monoisotopic (exact) mass is 384 g/mol. The van der Waals surface area contributed by atoms with Gasteiger partial charge in [0.05, 0.1) is 12.0 Å². The number of anilines is 1. The molecule has 0 bridgehead atoms. The fraction of sp³-hybridized carbons (Fsp3) is 0.286. The number of piperazine rings is 1. The molecule has 0 N–H and O–H groups in total. The lowest BCUT2D eigenvalue weighted by Crippen LogP contribution is -2.48. The number of amides is 1. The van der Waals surface area contributed by atoms with Gasteiger partial charge in [-0.05, 0) is 36.8 Å². The number of nitrogens with zero attached hydrogens (tertiary/aromatic N) is 2. The van der Waals surface area contributed by atoms with Gasteiger partial charge in [0.2, 0.25) is 0 Å². The van der Waals surface area contributed by atoms with Crippen LogP contribution in [0.25, 0.3) is 10.1 Å². The molecule has 3 aromatic rings. The first kappa shape index (κ1) is 17.8. The van der Waals surface area contributed by atoms with Crippen molar-refractivity contribution in [2.45, 2.75) is 6.92 Å². The number of halogens is 1. The van der Waals surface area contributed by atoms with Crippen LogP contribution in [0.2, 0.25) is 0 Å². The van der Waals surface area contributed by atoms with Crippen LogP contribution in [-0.4, -0.2) is 44.1 Å². The van der Waals surface area contributed by atoms with Crippen LogP contribution in [0.4, 0.5) is 10.1 Å². The van der Waals surface area contributed by atoms with Crippen molar-refractivity contribution >= 4 is 33.0 Å². The van der Waals surface area contributed by atoms with E-state index in [9.17, 15) is 9.18 Å². The number of carbonyl (C=O) groups is 1. The van der Waals surface area contributed by atoms with Crippen molar-refractivity contribution in [1.82, 2.24) is 4.90 Å². The van der Waals surface area contributed by atoms with Crippen LogP contribution in [0.1, 0.15) is 15.2 Å². The molecular formula is C21H21FN2O2S. The molecule has 0 saturated carbocycles. The van der Waals surface area contributed by atoms with E-state index in [1.54, 1.807) is 13.2 Å². The van der Waals surface area contributed by atoms with Crippen molar-refractivity contribution in [3.05, 3.63) is 58.7 Å². The number of ether oxygens (including phenoxy) is 1. The molecular weight excluding hydrogens is 363 g/mol. The second kappa shape index (κ2) is 7.19. The van der Waals surface area contributed by atoms with E-state index in [-0.39, 0.29) is 11.7 Å². The summed E-state index contributed by atoms with van der Waals surface area (Å²) in [5, 5.41) is 0.570. The lowest BCUT2D eigenvalue weighted by Gasteiger charge is -2.36. The van der Waals surface area contributed by atoms with Gasteiger partial charge in [0, 0.05) is 48.0 Å². The molecule has 0 atom stereocenters. The summed E-state index contributed by atoms with van der Waals surface area (Å²) in [5.74, 6) is 0.565. The number of hydrogen-bond donors (Lipinski definition) is 0. The van der Waals surface area contributed by atoms with Gasteiger partial charge in [0.25, 0.3) is 5.91 Å². The minimum atomic E-state index is -0.261. The van der Waals surface area contributed by atoms with Gasteiger partial charge in [-0.3, -0.25) is 4.79 Å². The van der Waals surface area contributed by atoms with Crippen molar-refractivity contribution in [2.24, 2.45) is 0 Å². The van der Waals surface area contributed by atoms with Gasteiger partial charge in [-0.15, -0.1) is 11.3 Å². The molecule has 1 aliphatic heterocycles. The summed E-state index contributed by atoms with van der Waals surface area (Å²) in [6, 6.07) is 13.0. The number of methoxy groups -OCH3 is 1. The van der Waals surface area contributed by atoms with Gasteiger partial charge in [-0.2, -0.15) is 0 Å². The predicted molar refractivity (Wildman–Crippen MR) is 108 cm³/mol. The van der Waals surface area contributed by atoms with E-state index in [4.69, 9.17) is 4.74 Å². The topological polar surface area (TPSA) is 32.8 Å². The SMILES string of the molecule is COc1cccc(N2CCN(C(=O)c3sc4cccc(F)c4c3C)CC2)c1. The third-order valence-electron chi connectivity index (χ3n) is 5.08. The third-order valence-corrected chi connectivity index (χ3v) is 6.33. The van der Waals surface area contributed by atoms with E-state index in [2.05, 4.69) is 11.0 Å². The second-order valence-electron chi connectivity index (χ2n) is 6.65. The fourth-order valence-electron chi connectivity index (χ4n) is 3.58. The maximum Gasteiger partial charge on any atom is 0.264 e. The Bertz CT molecular complexity index is 993. The highest BCUT2D eigenvalue weighted by Crippen LogP contribution is 2.33. The van der Waals surface area contributed by atoms with Gasteiger partial charge < -0.3 is 14.5 Å². The maximum atomic E-state index is 14.1. The molecule has 1 aromatic heterocycles. The normalized spacial score (nSPS) is 14.6. The van der Waals surface area contributed by atoms with Crippen molar-refractivity contribution in [3.8, 4) is 5.75 Å². The largest absolute Gasteiger partial charge is 0.497 e. The molecule has 1 aliphatic rings. The average Bonchev–Trinajstić information content (AvgIpc) is 3.05. The van der Waals surface area contributed by atoms with Crippen LogP contribution in [0, 0.1) is 12.7 Å². The highest BCUT2D eigenvalue weighted by molar-refractivity contribution is 7.21. The number of benzene rings is 2. The van der Waals surface area contributed by atoms with E-state index in [1.807, 2.05) is 36.1 Å². The molecule has 0 radical (unpaired) electrons. The Kier molecular flexibility index (Phi) is 4.74. The minimum absolute atomic E-state index is 0.00149. The van der Waals surface area contributed by atoms with Gasteiger partial charge in [-0.25, -0.2) is 4.39 Å². The van der Waals surface area contributed by atoms with Gasteiger partial charge >= 0.3 is 0 Å². The van der Waals surface area contributed by atoms with Crippen molar-refractivity contribution in [2.75, 3.05) is 38.2 Å². The molecule has 0 aliphatic carbocycles. The zero-order valence-corrected chi connectivity index (χ0v) is 16.2. The Morgan fingerprint density at radius 3 is 2.56 bits per heavy atom. The molecule has 2 heterocycles. The molecule has 6 heteroatoms. The summed E-state index contributed by atoms with van der Waals surface area (Å²) in [6.45, 7) is 4.65. The van der Waals surface area contributed by atoms with Crippen LogP contribution in [0.5, 0.6) is 5.75 Å². The number of hydrogen-bond acceptors (Lipinski definition) is 4. The summed E-state index contributed by atoms with van der Waals surface area (Å²) in [5.41, 5.74) is 1.84. The molecule has 1 fully saturated rings. The van der Waals surface area contributed by atoms with E-state index < -0.39 is 0 Å². The summed E-state index contributed by atoms with van der Waals surface area (Å²) in [6.07, 6.45) is 0. The first-order valence-corrected chi connectivity index (χ1v) is 9.76. The number of rotatable bonds is 3. The zero-order valence-electron chi connectivity index (χ0n) is 15.4. The Labute approximate surface area is 161 Å². The van der Waals surface area contributed by atoms with Gasteiger partial charge in [-0.1, -0.05) is 12.1 Å². The molecule has 27 heavy (non-hydrogen) atoms. The Hall–Kier alpha value is -2.60. The Morgan fingerprint density at radius 1 is 1.11 bits per heavy atom.